The van der Waals surface area contributed by atoms with Gasteiger partial charge < -0.3 is 97.9 Å². The van der Waals surface area contributed by atoms with Gasteiger partial charge in [0.25, 0.3) is 29.5 Å². The van der Waals surface area contributed by atoms with Gasteiger partial charge in [0.05, 0.1) is 90.5 Å². The van der Waals surface area contributed by atoms with E-state index < -0.39 is 47.3 Å². The highest BCUT2D eigenvalue weighted by Gasteiger charge is 2.22. The first-order valence-corrected chi connectivity index (χ1v) is 30.8. The highest BCUT2D eigenvalue weighted by molar-refractivity contribution is 6.04. The van der Waals surface area contributed by atoms with E-state index in [0.717, 1.165) is 32.1 Å². The molecular weight excluding hydrogens is 1220 g/mol. The normalized spacial score (nSPS) is 11.5. The minimum Gasteiger partial charge on any atom is -0.466 e. The highest BCUT2D eigenvalue weighted by atomic mass is 16.7. The maximum atomic E-state index is 14.0. The molecule has 0 aliphatic heterocycles. The van der Waals surface area contributed by atoms with Crippen LogP contribution in [0.1, 0.15) is 118 Å². The summed E-state index contributed by atoms with van der Waals surface area (Å²) in [5, 5.41) is 18.9. The summed E-state index contributed by atoms with van der Waals surface area (Å²) in [6.07, 6.45) is 13.8. The summed E-state index contributed by atoms with van der Waals surface area (Å²) in [6.45, 7) is 8.06. The molecule has 0 saturated heterocycles. The van der Waals surface area contributed by atoms with Crippen molar-refractivity contribution in [3.05, 3.63) is 78.2 Å². The molecule has 0 fully saturated rings. The zero-order valence-corrected chi connectivity index (χ0v) is 54.3. The van der Waals surface area contributed by atoms with E-state index in [-0.39, 0.29) is 98.4 Å². The first-order valence-electron chi connectivity index (χ1n) is 30.8. The predicted octanol–water partition coefficient (Wildman–Crippen LogP) is 2.54. The second-order valence-corrected chi connectivity index (χ2v) is 21.1. The third kappa shape index (κ3) is 28.2. The van der Waals surface area contributed by atoms with E-state index in [9.17, 15) is 38.4 Å². The lowest BCUT2D eigenvalue weighted by Crippen LogP contribution is -2.29. The number of unbranched alkanes of at least 4 members (excludes halogenated alkanes) is 2. The van der Waals surface area contributed by atoms with Crippen molar-refractivity contribution >= 4 is 70.3 Å². The van der Waals surface area contributed by atoms with Crippen LogP contribution in [0.2, 0.25) is 0 Å². The fourth-order valence-electron chi connectivity index (χ4n) is 9.11. The summed E-state index contributed by atoms with van der Waals surface area (Å²) >= 11 is 0. The number of rotatable bonds is 49. The van der Waals surface area contributed by atoms with Gasteiger partial charge in [0, 0.05) is 132 Å². The van der Waals surface area contributed by atoms with Gasteiger partial charge in [0.2, 0.25) is 23.5 Å². The number of carbonyl (C=O) groups is 8. The number of nitrogens with one attached hydrogen (secondary N) is 8. The summed E-state index contributed by atoms with van der Waals surface area (Å²) in [6, 6.07) is 3.02. The number of hydroxylamine groups is 1. The van der Waals surface area contributed by atoms with E-state index in [1.165, 1.54) is 44.4 Å². The van der Waals surface area contributed by atoms with Crippen LogP contribution in [0, 0.1) is 5.92 Å². The predicted molar refractivity (Wildman–Crippen MR) is 338 cm³/mol. The summed E-state index contributed by atoms with van der Waals surface area (Å²) in [4.78, 5) is 122. The third-order valence-electron chi connectivity index (χ3n) is 13.8. The van der Waals surface area contributed by atoms with E-state index in [4.69, 9.17) is 42.7 Å². The molecule has 0 spiro atoms. The molecule has 5 rings (SSSR count). The third-order valence-corrected chi connectivity index (χ3v) is 13.8. The maximum Gasteiger partial charge on any atom is 0.307 e. The van der Waals surface area contributed by atoms with Crippen molar-refractivity contribution in [1.29, 1.82) is 0 Å². The van der Waals surface area contributed by atoms with Crippen LogP contribution >= 0.6 is 0 Å². The van der Waals surface area contributed by atoms with Crippen LogP contribution in [-0.2, 0) is 91.9 Å². The number of aryl methyl sites for hydroxylation is 5. The number of methoxy groups -OCH3 is 2. The van der Waals surface area contributed by atoms with E-state index in [0.29, 0.717) is 104 Å². The van der Waals surface area contributed by atoms with Gasteiger partial charge in [0.15, 0.2) is 17.5 Å². The van der Waals surface area contributed by atoms with Crippen LogP contribution in [0.4, 0.5) is 23.0 Å². The molecule has 1 atom stereocenters. The van der Waals surface area contributed by atoms with Gasteiger partial charge in [-0.15, -0.1) is 0 Å². The zero-order valence-electron chi connectivity index (χ0n) is 54.3. The Morgan fingerprint density at radius 3 is 1.58 bits per heavy atom. The molecule has 8 N–H and O–H groups in total. The zero-order chi connectivity index (χ0) is 67.2. The first-order chi connectivity index (χ1) is 45.0. The van der Waals surface area contributed by atoms with Gasteiger partial charge in [-0.25, -0.2) is 15.0 Å². The van der Waals surface area contributed by atoms with Crippen LogP contribution < -0.4 is 42.7 Å². The van der Waals surface area contributed by atoms with Gasteiger partial charge in [-0.2, -0.15) is 5.48 Å². The smallest absolute Gasteiger partial charge is 0.307 e. The molecule has 0 saturated carbocycles. The average Bonchev–Trinajstić information content (AvgIpc) is 1.76. The van der Waals surface area contributed by atoms with Crippen molar-refractivity contribution in [1.82, 2.24) is 59.2 Å². The fraction of sp³-hybridized carbons (Fsp3) is 0.583. The number of hydrogen-bond donors (Lipinski definition) is 8. The van der Waals surface area contributed by atoms with Gasteiger partial charge in [-0.05, 0) is 44.2 Å². The largest absolute Gasteiger partial charge is 0.466 e. The molecule has 0 aliphatic rings. The monoisotopic (exact) mass is 1310 g/mol. The molecule has 0 aliphatic carbocycles. The SMILES string of the molecule is CCOC(=O)CCNC(=O)c1nc(NC(=O)CCNC(=O)c2cc(NC(=O)c3nc(NC(=O)CCNC(=O)c4cc(NC(=O)c5nccn5C)cn4C)cn3C)cn2CCCCCC(CCOCCOCCOCCOC)CCOCCOCCONCOC)cn1C. The van der Waals surface area contributed by atoms with Crippen molar-refractivity contribution in [3.63, 3.8) is 0 Å². The minimum absolute atomic E-state index is 0.000638. The van der Waals surface area contributed by atoms with Gasteiger partial charge in [-0.1, -0.05) is 19.3 Å². The second kappa shape index (κ2) is 42.7. The van der Waals surface area contributed by atoms with Gasteiger partial charge >= 0.3 is 5.97 Å². The highest BCUT2D eigenvalue weighted by Crippen LogP contribution is 2.22. The van der Waals surface area contributed by atoms with E-state index in [2.05, 4.69) is 57.6 Å². The van der Waals surface area contributed by atoms with Crippen molar-refractivity contribution in [2.24, 2.45) is 34.1 Å². The lowest BCUT2D eigenvalue weighted by Gasteiger charge is -2.17. The number of amides is 7. The number of carbonyl (C=O) groups excluding carboxylic acids is 8. The number of anilines is 4. The Bertz CT molecular complexity index is 3090. The lowest BCUT2D eigenvalue weighted by atomic mass is 9.95. The summed E-state index contributed by atoms with van der Waals surface area (Å²) in [7, 11) is 9.67. The van der Waals surface area contributed by atoms with E-state index in [1.807, 2.05) is 0 Å². The molecule has 7 amide bonds. The number of imidazole rings is 3. The average molecular weight is 1310 g/mol. The van der Waals surface area contributed by atoms with Crippen molar-refractivity contribution in [2.75, 3.05) is 148 Å². The molecule has 5 aromatic heterocycles. The quantitative estimate of drug-likeness (QED) is 0.0120. The van der Waals surface area contributed by atoms with Crippen molar-refractivity contribution < 1.29 is 81.1 Å². The minimum atomic E-state index is -0.640. The lowest BCUT2D eigenvalue weighted by molar-refractivity contribution is -0.143. The molecule has 0 radical (unpaired) electrons. The Kier molecular flexibility index (Phi) is 34.6. The van der Waals surface area contributed by atoms with Crippen LogP contribution in [0.25, 0.3) is 0 Å². The Balaban J connectivity index is 1.16. The number of esters is 1. The van der Waals surface area contributed by atoms with Crippen LogP contribution in [0.3, 0.4) is 0 Å². The number of hydrogen-bond acceptors (Lipinski definition) is 21. The molecule has 5 heterocycles. The van der Waals surface area contributed by atoms with Gasteiger partial charge in [-0.3, -0.25) is 43.2 Å². The molecule has 1 unspecified atom stereocenters. The molecular formula is C60H92N16O17. The van der Waals surface area contributed by atoms with E-state index >= 15 is 0 Å². The summed E-state index contributed by atoms with van der Waals surface area (Å²) < 4.78 is 51.0. The topological polar surface area (TPSA) is 379 Å². The summed E-state index contributed by atoms with van der Waals surface area (Å²) in [5.74, 6) is -3.46. The van der Waals surface area contributed by atoms with Crippen molar-refractivity contribution in [2.45, 2.75) is 71.3 Å². The van der Waals surface area contributed by atoms with Gasteiger partial charge in [0.1, 0.15) is 18.1 Å². The number of nitrogens with zero attached hydrogens (tertiary/aromatic N) is 8. The standard InChI is InChI=1S/C60H92N16O17/c1-8-92-52(79)15-20-64-58(82)54-70-48(40-74(54)4)68-51(78)14-19-63-57(81)47-37-45(39-76(47)22-11-9-10-12-43(16-24-87-28-30-90-33-32-89-27-26-85-6)17-25-88-29-31-91-34-35-93-65-42-86-7)67-60(84)55-71-49(41-75(55)5)69-50(77)13-18-62-56(80)46-36-44(38-73(46)3)66-59(83)53-61-21-23-72(53)2/h21,23,36-41,43,65H,8-20,22,24-35,42H2,1-7H3,(H,62,80)(H,63,81)(H,64,82)(H,66,83)(H,67,84)(H,68,78)(H,69,77). The molecule has 93 heavy (non-hydrogen) atoms. The van der Waals surface area contributed by atoms with Crippen LogP contribution in [0.15, 0.2) is 49.3 Å². The Hall–Kier alpha value is -8.41. The maximum absolute atomic E-state index is 14.0. The Morgan fingerprint density at radius 2 is 1.01 bits per heavy atom. The molecule has 33 heteroatoms. The first kappa shape index (κ1) is 75.3. The van der Waals surface area contributed by atoms with Crippen LogP contribution in [0.5, 0.6) is 0 Å². The second-order valence-electron chi connectivity index (χ2n) is 21.1. The molecule has 514 valence electrons. The number of aromatic nitrogens is 8. The van der Waals surface area contributed by atoms with E-state index in [1.54, 1.807) is 77.1 Å². The molecule has 0 aromatic carbocycles. The fourth-order valence-corrected chi connectivity index (χ4v) is 9.11. The molecule has 0 bridgehead atoms. The Morgan fingerprint density at radius 1 is 0.495 bits per heavy atom. The molecule has 33 nitrogen and oxygen atoms in total. The van der Waals surface area contributed by atoms with Crippen molar-refractivity contribution in [3.8, 4) is 0 Å². The number of ether oxygens (including phenoxy) is 8. The van der Waals surface area contributed by atoms with Crippen LogP contribution in [-0.4, -0.2) is 212 Å². The summed E-state index contributed by atoms with van der Waals surface area (Å²) in [5.41, 5.74) is 3.77. The Labute approximate surface area is 540 Å². The molecule has 5 aromatic rings.